The van der Waals surface area contributed by atoms with Crippen molar-refractivity contribution >= 4 is 11.8 Å². The summed E-state index contributed by atoms with van der Waals surface area (Å²) in [7, 11) is 4.29. The van der Waals surface area contributed by atoms with E-state index in [0.29, 0.717) is 0 Å². The Labute approximate surface area is 94.6 Å². The summed E-state index contributed by atoms with van der Waals surface area (Å²) in [6.07, 6.45) is 1.31. The predicted octanol–water partition coefficient (Wildman–Crippen LogP) is 3.35. The number of rotatable bonds is 7. The minimum atomic E-state index is 0.805. The average molecular weight is 217 g/mol. The van der Waals surface area contributed by atoms with Crippen molar-refractivity contribution in [1.82, 2.24) is 4.90 Å². The van der Waals surface area contributed by atoms with Gasteiger partial charge in [0.15, 0.2) is 0 Å². The van der Waals surface area contributed by atoms with Gasteiger partial charge in [-0.1, -0.05) is 27.7 Å². The second-order valence-electron chi connectivity index (χ2n) is 4.98. The zero-order valence-electron chi connectivity index (χ0n) is 10.7. The van der Waals surface area contributed by atoms with Crippen molar-refractivity contribution in [2.75, 3.05) is 26.4 Å². The van der Waals surface area contributed by atoms with E-state index in [9.17, 15) is 0 Å². The molecular weight excluding hydrogens is 190 g/mol. The van der Waals surface area contributed by atoms with E-state index in [-0.39, 0.29) is 0 Å². The molecule has 0 spiro atoms. The summed E-state index contributed by atoms with van der Waals surface area (Å²) in [5, 5.41) is 0.831. The monoisotopic (exact) mass is 217 g/mol. The van der Waals surface area contributed by atoms with Crippen molar-refractivity contribution < 1.29 is 0 Å². The molecule has 86 valence electrons. The second-order valence-corrected chi connectivity index (χ2v) is 6.27. The summed E-state index contributed by atoms with van der Waals surface area (Å²) in [6, 6.07) is 0. The third-order valence-electron chi connectivity index (χ3n) is 2.37. The van der Waals surface area contributed by atoms with Crippen LogP contribution in [0.3, 0.4) is 0 Å². The van der Waals surface area contributed by atoms with Gasteiger partial charge in [0.05, 0.1) is 0 Å². The minimum absolute atomic E-state index is 0.805. The van der Waals surface area contributed by atoms with E-state index in [0.717, 1.165) is 17.1 Å². The van der Waals surface area contributed by atoms with Gasteiger partial charge in [-0.25, -0.2) is 0 Å². The lowest BCUT2D eigenvalue weighted by Gasteiger charge is -2.24. The molecule has 0 aliphatic carbocycles. The summed E-state index contributed by atoms with van der Waals surface area (Å²) in [5.41, 5.74) is 0. The molecule has 0 unspecified atom stereocenters. The molecule has 0 aromatic heterocycles. The Morgan fingerprint density at radius 1 is 1.00 bits per heavy atom. The first-order chi connectivity index (χ1) is 6.45. The van der Waals surface area contributed by atoms with Gasteiger partial charge in [0.1, 0.15) is 0 Å². The van der Waals surface area contributed by atoms with E-state index in [1.165, 1.54) is 18.7 Å². The summed E-state index contributed by atoms with van der Waals surface area (Å²) in [6.45, 7) is 10.6. The largest absolute Gasteiger partial charge is 0.309 e. The van der Waals surface area contributed by atoms with Gasteiger partial charge in [0.2, 0.25) is 0 Å². The fraction of sp³-hybridized carbons (Fsp3) is 1.00. The molecule has 0 saturated heterocycles. The van der Waals surface area contributed by atoms with Crippen LogP contribution in [-0.4, -0.2) is 36.5 Å². The number of thioether (sulfide) groups is 1. The predicted molar refractivity (Wildman–Crippen MR) is 69.1 cm³/mol. The fourth-order valence-corrected chi connectivity index (χ4v) is 3.09. The highest BCUT2D eigenvalue weighted by atomic mass is 32.2. The molecular formula is C12H27NS. The quantitative estimate of drug-likeness (QED) is 0.602. The van der Waals surface area contributed by atoms with Crippen molar-refractivity contribution in [1.29, 1.82) is 0 Å². The van der Waals surface area contributed by atoms with Crippen LogP contribution in [0.25, 0.3) is 0 Å². The zero-order chi connectivity index (χ0) is 11.1. The molecule has 0 amide bonds. The number of hydrogen-bond acceptors (Lipinski definition) is 2. The van der Waals surface area contributed by atoms with Gasteiger partial charge < -0.3 is 4.90 Å². The first-order valence-corrected chi connectivity index (χ1v) is 6.76. The van der Waals surface area contributed by atoms with Crippen LogP contribution in [0.4, 0.5) is 0 Å². The second kappa shape index (κ2) is 7.58. The summed E-state index contributed by atoms with van der Waals surface area (Å²) >= 11 is 2.15. The molecule has 14 heavy (non-hydrogen) atoms. The van der Waals surface area contributed by atoms with Crippen molar-refractivity contribution in [3.05, 3.63) is 0 Å². The van der Waals surface area contributed by atoms with E-state index in [4.69, 9.17) is 0 Å². The molecule has 0 bridgehead atoms. The molecule has 0 rings (SSSR count). The maximum Gasteiger partial charge on any atom is 0.00930 e. The number of hydrogen-bond donors (Lipinski definition) is 0. The van der Waals surface area contributed by atoms with E-state index in [1.807, 2.05) is 0 Å². The number of nitrogens with zero attached hydrogens (tertiary/aromatic N) is 1. The third-order valence-corrected chi connectivity index (χ3v) is 4.37. The Balaban J connectivity index is 3.62. The van der Waals surface area contributed by atoms with E-state index in [2.05, 4.69) is 58.5 Å². The molecule has 1 nitrogen and oxygen atoms in total. The molecule has 0 N–H and O–H groups in total. The lowest BCUT2D eigenvalue weighted by molar-refractivity contribution is 0.409. The van der Waals surface area contributed by atoms with Crippen molar-refractivity contribution in [3.63, 3.8) is 0 Å². The topological polar surface area (TPSA) is 3.24 Å². The lowest BCUT2D eigenvalue weighted by Crippen LogP contribution is -2.20. The van der Waals surface area contributed by atoms with E-state index in [1.54, 1.807) is 0 Å². The SMILES string of the molecule is CC(C)C(SCCCN(C)C)C(C)C. The van der Waals surface area contributed by atoms with Gasteiger partial charge >= 0.3 is 0 Å². The summed E-state index contributed by atoms with van der Waals surface area (Å²) < 4.78 is 0. The van der Waals surface area contributed by atoms with Crippen LogP contribution in [0.15, 0.2) is 0 Å². The van der Waals surface area contributed by atoms with Crippen LogP contribution in [0.2, 0.25) is 0 Å². The normalized spacial score (nSPS) is 12.4. The zero-order valence-corrected chi connectivity index (χ0v) is 11.5. The van der Waals surface area contributed by atoms with E-state index < -0.39 is 0 Å². The molecule has 0 aromatic rings. The third kappa shape index (κ3) is 6.72. The highest BCUT2D eigenvalue weighted by molar-refractivity contribution is 7.99. The Morgan fingerprint density at radius 3 is 1.86 bits per heavy atom. The van der Waals surface area contributed by atoms with Gasteiger partial charge in [0.25, 0.3) is 0 Å². The van der Waals surface area contributed by atoms with Gasteiger partial charge in [0, 0.05) is 5.25 Å². The van der Waals surface area contributed by atoms with Gasteiger partial charge in [-0.15, -0.1) is 0 Å². The Kier molecular flexibility index (Phi) is 7.75. The van der Waals surface area contributed by atoms with Gasteiger partial charge in [-0.05, 0) is 44.6 Å². The highest BCUT2D eigenvalue weighted by Gasteiger charge is 2.17. The molecule has 0 atom stereocenters. The Morgan fingerprint density at radius 2 is 1.50 bits per heavy atom. The van der Waals surface area contributed by atoms with Crippen LogP contribution in [0, 0.1) is 11.8 Å². The Bertz CT molecular complexity index is 124. The molecule has 0 radical (unpaired) electrons. The first kappa shape index (κ1) is 14.3. The van der Waals surface area contributed by atoms with E-state index >= 15 is 0 Å². The van der Waals surface area contributed by atoms with Gasteiger partial charge in [-0.3, -0.25) is 0 Å². The van der Waals surface area contributed by atoms with Crippen molar-refractivity contribution in [3.8, 4) is 0 Å². The maximum atomic E-state index is 2.34. The molecule has 0 aliphatic heterocycles. The smallest absolute Gasteiger partial charge is 0.00930 e. The minimum Gasteiger partial charge on any atom is -0.309 e. The van der Waals surface area contributed by atoms with Crippen LogP contribution >= 0.6 is 11.8 Å². The average Bonchev–Trinajstić information content (AvgIpc) is 2.01. The standard InChI is InChI=1S/C12H27NS/c1-10(2)12(11(3)4)14-9-7-8-13(5)6/h10-12H,7-9H2,1-6H3. The molecule has 0 heterocycles. The first-order valence-electron chi connectivity index (χ1n) is 5.71. The Hall–Kier alpha value is 0.310. The van der Waals surface area contributed by atoms with Gasteiger partial charge in [-0.2, -0.15) is 11.8 Å². The molecule has 0 aromatic carbocycles. The van der Waals surface area contributed by atoms with Crippen LogP contribution in [0.5, 0.6) is 0 Å². The van der Waals surface area contributed by atoms with Crippen LogP contribution in [0.1, 0.15) is 34.1 Å². The lowest BCUT2D eigenvalue weighted by atomic mass is 10.0. The van der Waals surface area contributed by atoms with Crippen molar-refractivity contribution in [2.45, 2.75) is 39.4 Å². The van der Waals surface area contributed by atoms with Crippen molar-refractivity contribution in [2.24, 2.45) is 11.8 Å². The summed E-state index contributed by atoms with van der Waals surface area (Å²) in [4.78, 5) is 2.26. The van der Waals surface area contributed by atoms with Crippen LogP contribution < -0.4 is 0 Å². The molecule has 0 saturated carbocycles. The fourth-order valence-electron chi connectivity index (χ4n) is 1.75. The van der Waals surface area contributed by atoms with Crippen LogP contribution in [-0.2, 0) is 0 Å². The maximum absolute atomic E-state index is 2.34. The molecule has 2 heteroatoms. The highest BCUT2D eigenvalue weighted by Crippen LogP contribution is 2.26. The summed E-state index contributed by atoms with van der Waals surface area (Å²) in [5.74, 6) is 2.91. The molecule has 0 aliphatic rings. The molecule has 0 fully saturated rings.